The Morgan fingerprint density at radius 1 is 0.920 bits per heavy atom. The molecule has 0 spiro atoms. The molecule has 2 amide bonds. The molecule has 5 rings (SSSR count). The van der Waals surface area contributed by atoms with Gasteiger partial charge in [0.1, 0.15) is 0 Å². The van der Waals surface area contributed by atoms with Gasteiger partial charge in [-0.2, -0.15) is 4.99 Å². The van der Waals surface area contributed by atoms with Gasteiger partial charge >= 0.3 is 6.03 Å². The molecule has 1 N–H and O–H groups in total. The van der Waals surface area contributed by atoms with E-state index in [-0.39, 0.29) is 18.0 Å². The summed E-state index contributed by atoms with van der Waals surface area (Å²) in [6, 6.07) is 22.9. The van der Waals surface area contributed by atoms with Crippen LogP contribution in [0.4, 0.5) is 4.79 Å². The van der Waals surface area contributed by atoms with E-state index in [1.807, 2.05) is 12.1 Å². The van der Waals surface area contributed by atoms with Crippen LogP contribution in [0.3, 0.4) is 0 Å². The van der Waals surface area contributed by atoms with Crippen molar-refractivity contribution in [2.45, 2.75) is 18.9 Å². The second-order valence-corrected chi connectivity index (χ2v) is 6.83. The van der Waals surface area contributed by atoms with Crippen molar-refractivity contribution in [1.82, 2.24) is 5.32 Å². The molecule has 2 unspecified atom stereocenters. The lowest BCUT2D eigenvalue weighted by atomic mass is 9.75. The third-order valence-electron chi connectivity index (χ3n) is 5.41. The summed E-state index contributed by atoms with van der Waals surface area (Å²) >= 11 is 0. The first-order valence-corrected chi connectivity index (χ1v) is 8.76. The van der Waals surface area contributed by atoms with Crippen molar-refractivity contribution in [2.24, 2.45) is 10.9 Å². The van der Waals surface area contributed by atoms with Gasteiger partial charge in [-0.1, -0.05) is 60.7 Å². The smallest absolute Gasteiger partial charge is 0.329 e. The number of amides is 2. The van der Waals surface area contributed by atoms with E-state index in [1.54, 1.807) is 0 Å². The topological polar surface area (TPSA) is 41.5 Å². The Hall–Kier alpha value is -2.94. The highest BCUT2D eigenvalue weighted by Gasteiger charge is 2.37. The molecule has 0 aromatic heterocycles. The van der Waals surface area contributed by atoms with Crippen molar-refractivity contribution in [1.29, 1.82) is 0 Å². The van der Waals surface area contributed by atoms with E-state index >= 15 is 0 Å². The zero-order valence-corrected chi connectivity index (χ0v) is 13.8. The van der Waals surface area contributed by atoms with Gasteiger partial charge in [0.2, 0.25) is 0 Å². The van der Waals surface area contributed by atoms with Crippen LogP contribution in [-0.4, -0.2) is 11.7 Å². The highest BCUT2D eigenvalue weighted by Crippen LogP contribution is 2.37. The molecule has 1 heterocycles. The Kier molecular flexibility index (Phi) is 3.20. The predicted octanol–water partition coefficient (Wildman–Crippen LogP) is 4.66. The number of fused-ring (bicyclic) bond motifs is 4. The van der Waals surface area contributed by atoms with Gasteiger partial charge in [-0.05, 0) is 46.4 Å². The number of aryl methyl sites for hydroxylation is 1. The van der Waals surface area contributed by atoms with Crippen LogP contribution < -0.4 is 5.32 Å². The molecule has 25 heavy (non-hydrogen) atoms. The fourth-order valence-electron chi connectivity index (χ4n) is 4.20. The number of urea groups is 1. The van der Waals surface area contributed by atoms with Crippen molar-refractivity contribution in [3.05, 3.63) is 83.4 Å². The molecule has 2 aliphatic rings. The minimum atomic E-state index is -0.235. The van der Waals surface area contributed by atoms with Crippen molar-refractivity contribution >= 4 is 22.5 Å². The third-order valence-corrected chi connectivity index (χ3v) is 5.41. The summed E-state index contributed by atoms with van der Waals surface area (Å²) in [4.78, 5) is 16.6. The van der Waals surface area contributed by atoms with E-state index in [1.165, 1.54) is 16.3 Å². The average molecular weight is 326 g/mol. The number of benzene rings is 3. The molecule has 3 aromatic rings. The number of aliphatic imine (C=N–C) groups is 1. The number of carbonyl (C=O) groups excluding carboxylic acids is 1. The lowest BCUT2D eigenvalue weighted by Crippen LogP contribution is -2.43. The first-order chi connectivity index (χ1) is 12.3. The maximum atomic E-state index is 12.3. The first kappa shape index (κ1) is 14.4. The molecule has 3 aromatic carbocycles. The van der Waals surface area contributed by atoms with Crippen LogP contribution in [0.5, 0.6) is 0 Å². The Labute approximate surface area is 146 Å². The van der Waals surface area contributed by atoms with Crippen molar-refractivity contribution in [3.8, 4) is 0 Å². The maximum absolute atomic E-state index is 12.3. The fourth-order valence-corrected chi connectivity index (χ4v) is 4.20. The van der Waals surface area contributed by atoms with E-state index in [9.17, 15) is 4.79 Å². The van der Waals surface area contributed by atoms with Crippen molar-refractivity contribution in [2.75, 3.05) is 0 Å². The fraction of sp³-hybridized carbons (Fsp3) is 0.182. The summed E-state index contributed by atoms with van der Waals surface area (Å²) in [6.07, 6.45) is 2.04. The van der Waals surface area contributed by atoms with Crippen LogP contribution >= 0.6 is 0 Å². The summed E-state index contributed by atoms with van der Waals surface area (Å²) in [7, 11) is 0. The molecule has 122 valence electrons. The van der Waals surface area contributed by atoms with Gasteiger partial charge in [-0.15, -0.1) is 0 Å². The molecule has 2 atom stereocenters. The van der Waals surface area contributed by atoms with E-state index in [4.69, 9.17) is 0 Å². The Morgan fingerprint density at radius 2 is 1.72 bits per heavy atom. The number of nitrogens with one attached hydrogen (secondary N) is 1. The number of rotatable bonds is 1. The third kappa shape index (κ3) is 2.35. The van der Waals surface area contributed by atoms with Crippen LogP contribution in [0.1, 0.15) is 29.2 Å². The summed E-state index contributed by atoms with van der Waals surface area (Å²) in [6.45, 7) is 0. The molecule has 0 saturated heterocycles. The van der Waals surface area contributed by atoms with Gasteiger partial charge in [0.05, 0.1) is 11.8 Å². The minimum absolute atomic E-state index is 0.0158. The van der Waals surface area contributed by atoms with Gasteiger partial charge in [0.25, 0.3) is 0 Å². The first-order valence-electron chi connectivity index (χ1n) is 8.76. The van der Waals surface area contributed by atoms with Crippen molar-refractivity contribution in [3.63, 3.8) is 0 Å². The quantitative estimate of drug-likeness (QED) is 0.694. The van der Waals surface area contributed by atoms with Gasteiger partial charge in [0, 0.05) is 5.92 Å². The second kappa shape index (κ2) is 5.55. The monoisotopic (exact) mass is 326 g/mol. The maximum Gasteiger partial charge on any atom is 0.341 e. The van der Waals surface area contributed by atoms with Crippen LogP contribution in [0.2, 0.25) is 0 Å². The minimum Gasteiger partial charge on any atom is -0.329 e. The predicted molar refractivity (Wildman–Crippen MR) is 100 cm³/mol. The number of hydrogen-bond donors (Lipinski definition) is 1. The number of carbonyl (C=O) groups is 1. The molecule has 1 aliphatic carbocycles. The van der Waals surface area contributed by atoms with Gasteiger partial charge in [-0.25, -0.2) is 4.79 Å². The Morgan fingerprint density at radius 3 is 2.64 bits per heavy atom. The van der Waals surface area contributed by atoms with Crippen molar-refractivity contribution < 1.29 is 4.79 Å². The van der Waals surface area contributed by atoms with E-state index in [0.29, 0.717) is 0 Å². The average Bonchev–Trinajstić information content (AvgIpc) is 2.67. The number of nitrogens with zero attached hydrogens (tertiary/aromatic N) is 1. The molecule has 1 aliphatic heterocycles. The zero-order chi connectivity index (χ0) is 16.8. The number of hydrogen-bond acceptors (Lipinski definition) is 1. The molecule has 3 nitrogen and oxygen atoms in total. The molecular weight excluding hydrogens is 308 g/mol. The SMILES string of the molecule is O=C1N=C2c3ccccc3CCC2C(c2ccc3ccccc3c2)N1. The molecular formula is C22H18N2O. The lowest BCUT2D eigenvalue weighted by Gasteiger charge is -2.36. The molecule has 0 fully saturated rings. The Bertz CT molecular complexity index is 1020. The largest absolute Gasteiger partial charge is 0.341 e. The summed E-state index contributed by atoms with van der Waals surface area (Å²) in [5.41, 5.74) is 4.54. The lowest BCUT2D eigenvalue weighted by molar-refractivity contribution is 0.239. The van der Waals surface area contributed by atoms with Gasteiger partial charge < -0.3 is 5.32 Å². The zero-order valence-electron chi connectivity index (χ0n) is 13.8. The van der Waals surface area contributed by atoms with Crippen LogP contribution in [0, 0.1) is 5.92 Å². The summed E-state index contributed by atoms with van der Waals surface area (Å²) in [5.74, 6) is 0.230. The van der Waals surface area contributed by atoms with Gasteiger partial charge in [0.15, 0.2) is 0 Å². The normalized spacial score (nSPS) is 21.9. The van der Waals surface area contributed by atoms with Crippen LogP contribution in [0.15, 0.2) is 71.7 Å². The molecule has 0 saturated carbocycles. The second-order valence-electron chi connectivity index (χ2n) is 6.83. The summed E-state index contributed by atoms with van der Waals surface area (Å²) in [5, 5.41) is 5.52. The highest BCUT2D eigenvalue weighted by molar-refractivity contribution is 6.11. The molecule has 0 bridgehead atoms. The Balaban J connectivity index is 1.61. The van der Waals surface area contributed by atoms with Gasteiger partial charge in [-0.3, -0.25) is 0 Å². The summed E-state index contributed by atoms with van der Waals surface area (Å²) < 4.78 is 0. The van der Waals surface area contributed by atoms with E-state index in [0.717, 1.165) is 29.7 Å². The van der Waals surface area contributed by atoms with E-state index in [2.05, 4.69) is 64.9 Å². The van der Waals surface area contributed by atoms with Crippen LogP contribution in [-0.2, 0) is 6.42 Å². The molecule has 0 radical (unpaired) electrons. The van der Waals surface area contributed by atoms with E-state index < -0.39 is 0 Å². The molecule has 3 heteroatoms. The highest BCUT2D eigenvalue weighted by atomic mass is 16.2. The van der Waals surface area contributed by atoms with Crippen LogP contribution in [0.25, 0.3) is 10.8 Å². The standard InChI is InChI=1S/C22H18N2O/c25-22-23-20(17-10-9-14-5-1-2-7-16(14)13-17)19-12-11-15-6-3-4-8-18(15)21(19)24-22/h1-10,13,19-20H,11-12H2,(H,23,25).